The van der Waals surface area contributed by atoms with E-state index >= 15 is 0 Å². The van der Waals surface area contributed by atoms with Gasteiger partial charge in [0.05, 0.1) is 67.6 Å². The maximum absolute atomic E-state index is 5.84. The lowest BCUT2D eigenvalue weighted by atomic mass is 9.96. The van der Waals surface area contributed by atoms with Gasteiger partial charge in [-0.15, -0.1) is 0 Å². The van der Waals surface area contributed by atoms with Gasteiger partial charge in [0.15, 0.2) is 11.6 Å². The Morgan fingerprint density at radius 3 is 1.09 bits per heavy atom. The van der Waals surface area contributed by atoms with Crippen molar-refractivity contribution in [2.45, 2.75) is 0 Å². The standard InChI is InChI=1S/C85H55N7/c1-8-25-56(26-9-1)63-43-47-79-69(51-63)70-52-64(57-27-10-2-11-28-57)44-48-80(70)92(79)83-67(75-54-73(59-31-14-4-15-32-59)87-84(89-75)61-35-18-6-19-36-61)46-50-81(82(83)76-55-74(60-33-16-5-17-34-60)88-85(90-76)62-37-20-7-21-38-62)91-77-42-23-22-39-66(77)68-53-65(45-49-78(68)91)72-41-24-40-71(86-72)58-29-12-3-13-30-58/h1-55H. The van der Waals surface area contributed by atoms with E-state index in [1.165, 1.54) is 0 Å². The Morgan fingerprint density at radius 1 is 0.196 bits per heavy atom. The number of hydrogen-bond donors (Lipinski definition) is 0. The van der Waals surface area contributed by atoms with Crippen molar-refractivity contribution < 1.29 is 0 Å². The highest BCUT2D eigenvalue weighted by Crippen LogP contribution is 2.48. The van der Waals surface area contributed by atoms with Crippen LogP contribution in [0.1, 0.15) is 0 Å². The van der Waals surface area contributed by atoms with Crippen LogP contribution in [0.5, 0.6) is 0 Å². The summed E-state index contributed by atoms with van der Waals surface area (Å²) in [6, 6.07) is 118. The highest BCUT2D eigenvalue weighted by molar-refractivity contribution is 6.15. The Morgan fingerprint density at radius 2 is 0.565 bits per heavy atom. The fourth-order valence-corrected chi connectivity index (χ4v) is 13.2. The van der Waals surface area contributed by atoms with E-state index in [0.717, 1.165) is 156 Å². The molecule has 7 nitrogen and oxygen atoms in total. The van der Waals surface area contributed by atoms with Crippen LogP contribution in [0, 0.1) is 0 Å². The van der Waals surface area contributed by atoms with Crippen molar-refractivity contribution in [3.05, 3.63) is 334 Å². The van der Waals surface area contributed by atoms with Crippen LogP contribution in [-0.4, -0.2) is 34.1 Å². The molecule has 12 aromatic carbocycles. The van der Waals surface area contributed by atoms with E-state index in [0.29, 0.717) is 11.6 Å². The Labute approximate surface area is 532 Å². The number of fused-ring (bicyclic) bond motifs is 6. The zero-order valence-electron chi connectivity index (χ0n) is 49.9. The first kappa shape index (κ1) is 53.8. The number of pyridine rings is 1. The minimum absolute atomic E-state index is 0.600. The molecule has 7 heteroatoms. The van der Waals surface area contributed by atoms with Gasteiger partial charge >= 0.3 is 0 Å². The van der Waals surface area contributed by atoms with Gasteiger partial charge in [0.25, 0.3) is 0 Å². The Hall–Kier alpha value is -12.5. The number of para-hydroxylation sites is 1. The molecule has 0 aliphatic rings. The molecule has 430 valence electrons. The Bertz CT molecular complexity index is 5380. The van der Waals surface area contributed by atoms with Gasteiger partial charge in [-0.2, -0.15) is 0 Å². The Balaban J connectivity index is 1.04. The number of hydrogen-bond acceptors (Lipinski definition) is 5. The summed E-state index contributed by atoms with van der Waals surface area (Å²) < 4.78 is 4.93. The largest absolute Gasteiger partial charge is 0.308 e. The van der Waals surface area contributed by atoms with E-state index in [4.69, 9.17) is 24.9 Å². The summed E-state index contributed by atoms with van der Waals surface area (Å²) in [7, 11) is 0. The maximum Gasteiger partial charge on any atom is 0.160 e. The first-order valence-corrected chi connectivity index (χ1v) is 31.1. The first-order chi connectivity index (χ1) is 45.6. The molecule has 0 unspecified atom stereocenters. The van der Waals surface area contributed by atoms with Crippen LogP contribution in [0.3, 0.4) is 0 Å². The molecule has 0 saturated carbocycles. The molecule has 0 bridgehead atoms. The lowest BCUT2D eigenvalue weighted by molar-refractivity contribution is 1.11. The molecule has 0 aliphatic heterocycles. The topological polar surface area (TPSA) is 74.3 Å². The average Bonchev–Trinajstić information content (AvgIpc) is 1.97. The van der Waals surface area contributed by atoms with Gasteiger partial charge < -0.3 is 9.13 Å². The molecule has 0 atom stereocenters. The lowest BCUT2D eigenvalue weighted by Crippen LogP contribution is -2.08. The molecule has 17 rings (SSSR count). The van der Waals surface area contributed by atoms with E-state index in [2.05, 4.69) is 306 Å². The molecule has 0 N–H and O–H groups in total. The summed E-state index contributed by atoms with van der Waals surface area (Å²) in [5.74, 6) is 1.21. The predicted octanol–water partition coefficient (Wildman–Crippen LogP) is 21.5. The van der Waals surface area contributed by atoms with Crippen LogP contribution in [0.25, 0.3) is 168 Å². The van der Waals surface area contributed by atoms with Gasteiger partial charge in [-0.25, -0.2) is 24.9 Å². The second-order valence-corrected chi connectivity index (χ2v) is 23.1. The van der Waals surface area contributed by atoms with Gasteiger partial charge in [0.1, 0.15) is 0 Å². The average molecular weight is 1170 g/mol. The summed E-state index contributed by atoms with van der Waals surface area (Å²) in [5.41, 5.74) is 22.9. The smallest absolute Gasteiger partial charge is 0.160 e. The summed E-state index contributed by atoms with van der Waals surface area (Å²) in [4.78, 5) is 27.6. The van der Waals surface area contributed by atoms with Crippen LogP contribution in [0.2, 0.25) is 0 Å². The summed E-state index contributed by atoms with van der Waals surface area (Å²) >= 11 is 0. The predicted molar refractivity (Wildman–Crippen MR) is 378 cm³/mol. The molecule has 5 heterocycles. The van der Waals surface area contributed by atoms with Gasteiger partial charge in [0, 0.05) is 66.1 Å². The molecule has 0 amide bonds. The molecule has 92 heavy (non-hydrogen) atoms. The van der Waals surface area contributed by atoms with E-state index in [1.54, 1.807) is 0 Å². The number of nitrogens with zero attached hydrogens (tertiary/aromatic N) is 7. The second kappa shape index (κ2) is 22.9. The van der Waals surface area contributed by atoms with Crippen LogP contribution < -0.4 is 0 Å². The van der Waals surface area contributed by atoms with E-state index in [9.17, 15) is 0 Å². The van der Waals surface area contributed by atoms with E-state index in [-0.39, 0.29) is 0 Å². The molecule has 0 radical (unpaired) electrons. The van der Waals surface area contributed by atoms with Crippen molar-refractivity contribution in [1.29, 1.82) is 0 Å². The molecule has 5 aromatic heterocycles. The van der Waals surface area contributed by atoms with Gasteiger partial charge in [0.2, 0.25) is 0 Å². The molecule has 0 spiro atoms. The fraction of sp³-hybridized carbons (Fsp3) is 0. The van der Waals surface area contributed by atoms with E-state index in [1.807, 2.05) is 36.4 Å². The fourth-order valence-electron chi connectivity index (χ4n) is 13.2. The minimum atomic E-state index is 0.600. The molecule has 17 aromatic rings. The third-order valence-electron chi connectivity index (χ3n) is 17.6. The zero-order valence-corrected chi connectivity index (χ0v) is 49.9. The number of rotatable bonds is 12. The van der Waals surface area contributed by atoms with Crippen LogP contribution in [-0.2, 0) is 0 Å². The van der Waals surface area contributed by atoms with E-state index < -0.39 is 0 Å². The molecular weight excluding hydrogens is 1120 g/mol. The number of benzene rings is 12. The van der Waals surface area contributed by atoms with Crippen LogP contribution in [0.15, 0.2) is 334 Å². The lowest BCUT2D eigenvalue weighted by Gasteiger charge is -2.24. The van der Waals surface area contributed by atoms with Crippen molar-refractivity contribution in [2.75, 3.05) is 0 Å². The molecule has 0 fully saturated rings. The quantitative estimate of drug-likeness (QED) is 0.122. The normalized spacial score (nSPS) is 11.5. The van der Waals surface area contributed by atoms with Crippen molar-refractivity contribution in [3.8, 4) is 124 Å². The van der Waals surface area contributed by atoms with Crippen molar-refractivity contribution in [2.24, 2.45) is 0 Å². The van der Waals surface area contributed by atoms with Gasteiger partial charge in [-0.1, -0.05) is 255 Å². The zero-order chi connectivity index (χ0) is 60.9. The third kappa shape index (κ3) is 9.69. The van der Waals surface area contributed by atoms with Crippen molar-refractivity contribution in [3.63, 3.8) is 0 Å². The minimum Gasteiger partial charge on any atom is -0.308 e. The highest BCUT2D eigenvalue weighted by Gasteiger charge is 2.29. The molecule has 0 saturated heterocycles. The summed E-state index contributed by atoms with van der Waals surface area (Å²) in [6.45, 7) is 0. The first-order valence-electron chi connectivity index (χ1n) is 31.1. The van der Waals surface area contributed by atoms with Crippen molar-refractivity contribution >= 4 is 43.6 Å². The summed E-state index contributed by atoms with van der Waals surface area (Å²) in [5, 5.41) is 4.40. The Kier molecular flexibility index (Phi) is 13.4. The summed E-state index contributed by atoms with van der Waals surface area (Å²) in [6.07, 6.45) is 0. The van der Waals surface area contributed by atoms with Crippen LogP contribution in [0.4, 0.5) is 0 Å². The molecule has 0 aliphatic carbocycles. The SMILES string of the molecule is c1ccc(-c2ccc3c(c2)c2cc(-c4ccccc4)ccc2n3-c2c(-c3cc(-c4ccccc4)nc(-c4ccccc4)n3)ccc(-n3c4ccccc4c4cc(-c5cccc(-c6ccccc6)n5)ccc43)c2-c2cc(-c3ccccc3)nc(-c3ccccc3)n2)cc1. The van der Waals surface area contributed by atoms with Gasteiger partial charge in [-0.05, 0) is 101 Å². The monoisotopic (exact) mass is 1170 g/mol. The van der Waals surface area contributed by atoms with Crippen molar-refractivity contribution in [1.82, 2.24) is 34.1 Å². The molecular formula is C85H55N7. The number of aromatic nitrogens is 7. The second-order valence-electron chi connectivity index (χ2n) is 23.1. The van der Waals surface area contributed by atoms with Gasteiger partial charge in [-0.3, -0.25) is 0 Å². The third-order valence-corrected chi connectivity index (χ3v) is 17.6. The highest BCUT2D eigenvalue weighted by atomic mass is 15.0. The maximum atomic E-state index is 5.84. The van der Waals surface area contributed by atoms with Crippen LogP contribution >= 0.6 is 0 Å².